The van der Waals surface area contributed by atoms with Gasteiger partial charge in [0.25, 0.3) is 5.69 Å². The van der Waals surface area contributed by atoms with E-state index in [-0.39, 0.29) is 17.2 Å². The molecule has 1 saturated heterocycles. The Morgan fingerprint density at radius 2 is 2.32 bits per heavy atom. The Morgan fingerprint density at radius 3 is 2.89 bits per heavy atom. The fourth-order valence-electron chi connectivity index (χ4n) is 2.25. The van der Waals surface area contributed by atoms with Gasteiger partial charge in [0.05, 0.1) is 11.0 Å². The SMILES string of the molecule is C[C@@H]1CCN(c2ccc([N+](=O)[O-])c(C#N)c2)C[C@H]1O. The van der Waals surface area contributed by atoms with Crippen LogP contribution in [-0.2, 0) is 0 Å². The van der Waals surface area contributed by atoms with Crippen LogP contribution in [0.15, 0.2) is 18.2 Å². The van der Waals surface area contributed by atoms with E-state index in [1.807, 2.05) is 17.9 Å². The largest absolute Gasteiger partial charge is 0.391 e. The predicted molar refractivity (Wildman–Crippen MR) is 69.8 cm³/mol. The van der Waals surface area contributed by atoms with Crippen LogP contribution in [0.4, 0.5) is 11.4 Å². The van der Waals surface area contributed by atoms with E-state index < -0.39 is 11.0 Å². The second-order valence-corrected chi connectivity index (χ2v) is 4.85. The molecule has 1 aliphatic heterocycles. The summed E-state index contributed by atoms with van der Waals surface area (Å²) in [6.45, 7) is 3.27. The standard InChI is InChI=1S/C13H15N3O3/c1-9-4-5-15(8-13(9)17)11-2-3-12(16(18)19)10(6-11)7-14/h2-3,6,9,13,17H,4-5,8H2,1H3/t9-,13-/m1/s1. The van der Waals surface area contributed by atoms with Crippen LogP contribution in [0.25, 0.3) is 0 Å². The third-order valence-corrected chi connectivity index (χ3v) is 3.58. The van der Waals surface area contributed by atoms with E-state index in [1.54, 1.807) is 6.07 Å². The molecular weight excluding hydrogens is 246 g/mol. The number of anilines is 1. The Labute approximate surface area is 111 Å². The summed E-state index contributed by atoms with van der Waals surface area (Å²) in [5, 5.41) is 29.6. The topological polar surface area (TPSA) is 90.4 Å². The summed E-state index contributed by atoms with van der Waals surface area (Å²) in [6, 6.07) is 6.33. The number of nitriles is 1. The van der Waals surface area contributed by atoms with Crippen LogP contribution in [0, 0.1) is 27.4 Å². The fraction of sp³-hybridized carbons (Fsp3) is 0.462. The molecule has 2 rings (SSSR count). The Bertz CT molecular complexity index is 538. The van der Waals surface area contributed by atoms with Gasteiger partial charge in [0.2, 0.25) is 0 Å². The quantitative estimate of drug-likeness (QED) is 0.646. The van der Waals surface area contributed by atoms with Crippen molar-refractivity contribution in [1.29, 1.82) is 5.26 Å². The molecule has 1 aromatic carbocycles. The Balaban J connectivity index is 2.27. The molecule has 1 aromatic rings. The van der Waals surface area contributed by atoms with Crippen molar-refractivity contribution in [2.45, 2.75) is 19.4 Å². The first-order chi connectivity index (χ1) is 9.02. The maximum atomic E-state index is 10.8. The minimum Gasteiger partial charge on any atom is -0.391 e. The van der Waals surface area contributed by atoms with Crippen molar-refractivity contribution >= 4 is 11.4 Å². The van der Waals surface area contributed by atoms with Crippen molar-refractivity contribution in [2.24, 2.45) is 5.92 Å². The van der Waals surface area contributed by atoms with Gasteiger partial charge in [-0.25, -0.2) is 0 Å². The normalized spacial score (nSPS) is 22.9. The average Bonchev–Trinajstić information content (AvgIpc) is 2.41. The number of piperidine rings is 1. The van der Waals surface area contributed by atoms with E-state index in [1.165, 1.54) is 12.1 Å². The van der Waals surface area contributed by atoms with Crippen LogP contribution in [0.1, 0.15) is 18.9 Å². The molecule has 100 valence electrons. The van der Waals surface area contributed by atoms with Crippen molar-refractivity contribution in [1.82, 2.24) is 0 Å². The summed E-state index contributed by atoms with van der Waals surface area (Å²) in [5.74, 6) is 0.254. The Morgan fingerprint density at radius 1 is 1.58 bits per heavy atom. The van der Waals surface area contributed by atoms with Crippen LogP contribution < -0.4 is 4.90 Å². The van der Waals surface area contributed by atoms with Gasteiger partial charge in [-0.1, -0.05) is 6.92 Å². The van der Waals surface area contributed by atoms with Gasteiger partial charge in [-0.15, -0.1) is 0 Å². The summed E-state index contributed by atoms with van der Waals surface area (Å²) in [4.78, 5) is 12.2. The van der Waals surface area contributed by atoms with Gasteiger partial charge >= 0.3 is 0 Å². The van der Waals surface area contributed by atoms with Crippen molar-refractivity contribution < 1.29 is 10.0 Å². The minimum atomic E-state index is -0.560. The number of aliphatic hydroxyl groups excluding tert-OH is 1. The zero-order valence-electron chi connectivity index (χ0n) is 10.6. The third kappa shape index (κ3) is 2.66. The number of nitro groups is 1. The number of hydrogen-bond donors (Lipinski definition) is 1. The first kappa shape index (κ1) is 13.3. The van der Waals surface area contributed by atoms with Crippen LogP contribution in [-0.4, -0.2) is 29.2 Å². The number of β-amino-alcohol motifs (C(OH)–C–C–N with tert-alkyl or cyclic N) is 1. The highest BCUT2D eigenvalue weighted by Crippen LogP contribution is 2.27. The number of benzene rings is 1. The third-order valence-electron chi connectivity index (χ3n) is 3.58. The molecule has 0 unspecified atom stereocenters. The maximum Gasteiger partial charge on any atom is 0.287 e. The van der Waals surface area contributed by atoms with E-state index in [9.17, 15) is 15.2 Å². The summed E-state index contributed by atoms with van der Waals surface area (Å²) in [6.07, 6.45) is 0.453. The highest BCUT2D eigenvalue weighted by molar-refractivity contribution is 5.60. The lowest BCUT2D eigenvalue weighted by molar-refractivity contribution is -0.385. The van der Waals surface area contributed by atoms with E-state index in [4.69, 9.17) is 5.26 Å². The molecule has 1 fully saturated rings. The van der Waals surface area contributed by atoms with Crippen molar-refractivity contribution in [3.05, 3.63) is 33.9 Å². The second kappa shape index (κ2) is 5.24. The lowest BCUT2D eigenvalue weighted by Gasteiger charge is -2.35. The molecule has 0 saturated carbocycles. The van der Waals surface area contributed by atoms with Crippen LogP contribution in [0.3, 0.4) is 0 Å². The number of nitro benzene ring substituents is 1. The molecule has 6 nitrogen and oxygen atoms in total. The molecule has 19 heavy (non-hydrogen) atoms. The second-order valence-electron chi connectivity index (χ2n) is 4.85. The summed E-state index contributed by atoms with van der Waals surface area (Å²) >= 11 is 0. The van der Waals surface area contributed by atoms with Gasteiger partial charge in [-0.3, -0.25) is 10.1 Å². The van der Waals surface area contributed by atoms with E-state index in [0.717, 1.165) is 18.7 Å². The monoisotopic (exact) mass is 261 g/mol. The lowest BCUT2D eigenvalue weighted by Crippen LogP contribution is -2.42. The Hall–Kier alpha value is -2.13. The molecule has 0 aliphatic carbocycles. The first-order valence-corrected chi connectivity index (χ1v) is 6.14. The van der Waals surface area contributed by atoms with Gasteiger partial charge < -0.3 is 10.0 Å². The molecule has 1 heterocycles. The number of nitrogens with zero attached hydrogens (tertiary/aromatic N) is 3. The molecule has 6 heteroatoms. The summed E-state index contributed by atoms with van der Waals surface area (Å²) < 4.78 is 0. The van der Waals surface area contributed by atoms with E-state index in [2.05, 4.69) is 0 Å². The first-order valence-electron chi connectivity index (χ1n) is 6.14. The molecule has 0 amide bonds. The van der Waals surface area contributed by atoms with E-state index in [0.29, 0.717) is 6.54 Å². The highest BCUT2D eigenvalue weighted by atomic mass is 16.6. The molecule has 0 aromatic heterocycles. The van der Waals surface area contributed by atoms with Gasteiger partial charge in [0.1, 0.15) is 11.6 Å². The molecule has 2 atom stereocenters. The molecule has 1 aliphatic rings. The molecule has 0 radical (unpaired) electrons. The highest BCUT2D eigenvalue weighted by Gasteiger charge is 2.25. The zero-order valence-corrected chi connectivity index (χ0v) is 10.6. The van der Waals surface area contributed by atoms with Crippen LogP contribution in [0.5, 0.6) is 0 Å². The van der Waals surface area contributed by atoms with Gasteiger partial charge in [-0.05, 0) is 24.5 Å². The predicted octanol–water partition coefficient (Wildman–Crippen LogP) is 1.67. The average molecular weight is 261 g/mol. The number of rotatable bonds is 2. The zero-order chi connectivity index (χ0) is 14.0. The minimum absolute atomic E-state index is 0.0515. The van der Waals surface area contributed by atoms with Gasteiger partial charge in [-0.2, -0.15) is 5.26 Å². The number of aliphatic hydroxyl groups is 1. The van der Waals surface area contributed by atoms with Crippen LogP contribution >= 0.6 is 0 Å². The van der Waals surface area contributed by atoms with Gasteiger partial charge in [0, 0.05) is 24.8 Å². The lowest BCUT2D eigenvalue weighted by atomic mass is 9.95. The maximum absolute atomic E-state index is 10.8. The van der Waals surface area contributed by atoms with Crippen molar-refractivity contribution in [3.8, 4) is 6.07 Å². The smallest absolute Gasteiger partial charge is 0.287 e. The van der Waals surface area contributed by atoms with E-state index >= 15 is 0 Å². The Kier molecular flexibility index (Phi) is 3.67. The van der Waals surface area contributed by atoms with Gasteiger partial charge in [0.15, 0.2) is 0 Å². The molecule has 1 N–H and O–H groups in total. The summed E-state index contributed by atoms with van der Waals surface area (Å²) in [7, 11) is 0. The number of hydrogen-bond acceptors (Lipinski definition) is 5. The fourth-order valence-corrected chi connectivity index (χ4v) is 2.25. The molecular formula is C13H15N3O3. The summed E-state index contributed by atoms with van der Waals surface area (Å²) in [5.41, 5.74) is 0.612. The molecule has 0 bridgehead atoms. The molecule has 0 spiro atoms. The van der Waals surface area contributed by atoms with Crippen molar-refractivity contribution in [3.63, 3.8) is 0 Å². The van der Waals surface area contributed by atoms with Crippen molar-refractivity contribution in [2.75, 3.05) is 18.0 Å². The van der Waals surface area contributed by atoms with Crippen LogP contribution in [0.2, 0.25) is 0 Å².